The van der Waals surface area contributed by atoms with Gasteiger partial charge in [0, 0.05) is 41.4 Å². The van der Waals surface area contributed by atoms with Crippen molar-refractivity contribution in [1.29, 1.82) is 0 Å². The fourth-order valence-electron chi connectivity index (χ4n) is 2.95. The van der Waals surface area contributed by atoms with Crippen LogP contribution in [-0.2, 0) is 46.9 Å². The zero-order valence-corrected chi connectivity index (χ0v) is 17.9. The van der Waals surface area contributed by atoms with E-state index in [4.69, 9.17) is 28.0 Å². The third-order valence-corrected chi connectivity index (χ3v) is 5.93. The summed E-state index contributed by atoms with van der Waals surface area (Å²) in [5, 5.41) is 12.3. The topological polar surface area (TPSA) is 156 Å². The van der Waals surface area contributed by atoms with E-state index in [1.165, 1.54) is 0 Å². The Kier molecular flexibility index (Phi) is 9.21. The van der Waals surface area contributed by atoms with Crippen LogP contribution in [0.4, 0.5) is 0 Å². The molecule has 13 heteroatoms. The molecule has 1 rings (SSSR count). The first kappa shape index (κ1) is 25.0. The number of nitrogens with zero attached hydrogens (tertiary/aromatic N) is 1. The maximum Gasteiger partial charge on any atom is 0.378 e. The number of carbonyl (C=O) groups excluding carboxylic acids is 3. The summed E-state index contributed by atoms with van der Waals surface area (Å²) in [6.45, 7) is 4.96. The van der Waals surface area contributed by atoms with Gasteiger partial charge < -0.3 is 33.2 Å². The lowest BCUT2D eigenvalue weighted by molar-refractivity contribution is -0.242. The van der Waals surface area contributed by atoms with E-state index < -0.39 is 61.5 Å². The fourth-order valence-corrected chi connectivity index (χ4v) is 4.03. The van der Waals surface area contributed by atoms with Crippen LogP contribution in [0.15, 0.2) is 5.16 Å². The number of esters is 3. The molecule has 0 radical (unpaired) electrons. The Bertz CT molecular complexity index is 686. The molecule has 1 aliphatic rings. The Balaban J connectivity index is 3.33. The van der Waals surface area contributed by atoms with Crippen LogP contribution >= 0.6 is 7.60 Å². The highest BCUT2D eigenvalue weighted by Gasteiger charge is 2.51. The molecule has 1 aliphatic heterocycles. The van der Waals surface area contributed by atoms with Gasteiger partial charge in [0.25, 0.3) is 0 Å². The summed E-state index contributed by atoms with van der Waals surface area (Å²) in [6, 6.07) is 0. The number of hydrogen-bond donors (Lipinski definition) is 1. The van der Waals surface area contributed by atoms with Crippen molar-refractivity contribution in [3.8, 4) is 0 Å². The highest BCUT2D eigenvalue weighted by molar-refractivity contribution is 7.72. The van der Waals surface area contributed by atoms with Crippen molar-refractivity contribution in [2.45, 2.75) is 64.6 Å². The van der Waals surface area contributed by atoms with Crippen LogP contribution < -0.4 is 0 Å². The molecule has 0 aromatic carbocycles. The highest BCUT2D eigenvalue weighted by atomic mass is 31.2. The first-order valence-electron chi connectivity index (χ1n) is 8.59. The van der Waals surface area contributed by atoms with Gasteiger partial charge in [-0.05, 0) is 6.92 Å². The molecule has 1 saturated heterocycles. The maximum atomic E-state index is 12.6. The van der Waals surface area contributed by atoms with Gasteiger partial charge in [-0.25, -0.2) is 0 Å². The highest BCUT2D eigenvalue weighted by Crippen LogP contribution is 2.50. The van der Waals surface area contributed by atoms with Gasteiger partial charge in [0.1, 0.15) is 6.10 Å². The monoisotopic (exact) mass is 439 g/mol. The molecule has 1 fully saturated rings. The molecule has 0 spiro atoms. The van der Waals surface area contributed by atoms with Gasteiger partial charge in [-0.3, -0.25) is 18.9 Å². The van der Waals surface area contributed by atoms with Gasteiger partial charge >= 0.3 is 25.5 Å². The molecule has 0 aromatic heterocycles. The molecule has 1 N–H and O–H groups in total. The lowest BCUT2D eigenvalue weighted by Crippen LogP contribution is -2.60. The zero-order valence-electron chi connectivity index (χ0n) is 17.0. The summed E-state index contributed by atoms with van der Waals surface area (Å²) >= 11 is 0. The standard InChI is InChI=1S/C16H26NO11P/c1-8-14(26-9(2)18)16(28-11(4)20)15(27-10(3)19)12(25-8)7-13(17-21)29(22,23-5)24-6/h8,12,14-16,21H,7H2,1-6H3/b17-13-/t8-,12+,14-,15-,16+/m0/s1. The molecular weight excluding hydrogens is 413 g/mol. The largest absolute Gasteiger partial charge is 0.456 e. The van der Waals surface area contributed by atoms with Gasteiger partial charge in [0.15, 0.2) is 23.8 Å². The van der Waals surface area contributed by atoms with E-state index in [2.05, 4.69) is 5.16 Å². The number of hydrogen-bond acceptors (Lipinski definition) is 12. The zero-order chi connectivity index (χ0) is 22.4. The summed E-state index contributed by atoms with van der Waals surface area (Å²) in [5.41, 5.74) is -0.399. The van der Waals surface area contributed by atoms with Crippen molar-refractivity contribution < 1.29 is 52.2 Å². The second kappa shape index (κ2) is 10.7. The van der Waals surface area contributed by atoms with Gasteiger partial charge in [-0.2, -0.15) is 0 Å². The Morgan fingerprint density at radius 2 is 1.38 bits per heavy atom. The Morgan fingerprint density at radius 3 is 1.79 bits per heavy atom. The van der Waals surface area contributed by atoms with Crippen molar-refractivity contribution in [2.75, 3.05) is 14.2 Å². The van der Waals surface area contributed by atoms with Crippen LogP contribution in [0.5, 0.6) is 0 Å². The summed E-state index contributed by atoms with van der Waals surface area (Å²) in [6.07, 6.45) is -5.83. The van der Waals surface area contributed by atoms with E-state index in [9.17, 15) is 24.2 Å². The van der Waals surface area contributed by atoms with E-state index in [0.29, 0.717) is 0 Å². The van der Waals surface area contributed by atoms with E-state index in [0.717, 1.165) is 35.0 Å². The molecule has 5 atom stereocenters. The normalized spacial score (nSPS) is 27.8. The summed E-state index contributed by atoms with van der Waals surface area (Å²) in [4.78, 5) is 34.8. The average molecular weight is 439 g/mol. The van der Waals surface area contributed by atoms with Crippen LogP contribution in [0, 0.1) is 0 Å². The SMILES string of the molecule is COP(=O)(OC)/C(C[C@H]1O[C@@H](C)[C@H](OC(C)=O)[C@@H](OC(C)=O)[C@H]1OC(C)=O)=N\O. The second-order valence-corrected chi connectivity index (χ2v) is 8.43. The van der Waals surface area contributed by atoms with Crippen LogP contribution in [0.25, 0.3) is 0 Å². The van der Waals surface area contributed by atoms with Crippen LogP contribution in [0.2, 0.25) is 0 Å². The summed E-state index contributed by atoms with van der Waals surface area (Å²) in [7, 11) is -1.74. The van der Waals surface area contributed by atoms with E-state index in [1.54, 1.807) is 6.92 Å². The van der Waals surface area contributed by atoms with Crippen LogP contribution in [-0.4, -0.2) is 73.3 Å². The second-order valence-electron chi connectivity index (χ2n) is 6.18. The molecule has 0 aliphatic carbocycles. The smallest absolute Gasteiger partial charge is 0.378 e. The van der Waals surface area contributed by atoms with E-state index in [-0.39, 0.29) is 6.42 Å². The quantitative estimate of drug-likeness (QED) is 0.145. The Labute approximate surface area is 167 Å². The molecule has 0 amide bonds. The maximum absolute atomic E-state index is 12.6. The molecule has 1 heterocycles. The Hall–Kier alpha value is -2.01. The number of rotatable bonds is 8. The summed E-state index contributed by atoms with van der Waals surface area (Å²) < 4.78 is 43.7. The molecule has 12 nitrogen and oxygen atoms in total. The molecule has 0 bridgehead atoms. The van der Waals surface area contributed by atoms with Gasteiger partial charge in [0.2, 0.25) is 0 Å². The lowest BCUT2D eigenvalue weighted by atomic mass is 9.93. The average Bonchev–Trinajstić information content (AvgIpc) is 2.63. The lowest BCUT2D eigenvalue weighted by Gasteiger charge is -2.43. The van der Waals surface area contributed by atoms with Gasteiger partial charge in [0.05, 0.1) is 6.10 Å². The molecule has 0 saturated carbocycles. The molecule has 166 valence electrons. The van der Waals surface area contributed by atoms with Crippen LogP contribution in [0.1, 0.15) is 34.1 Å². The number of carbonyl (C=O) groups is 3. The van der Waals surface area contributed by atoms with Gasteiger partial charge in [-0.1, -0.05) is 5.16 Å². The first-order valence-corrected chi connectivity index (χ1v) is 10.1. The Morgan fingerprint density at radius 1 is 0.931 bits per heavy atom. The fraction of sp³-hybridized carbons (Fsp3) is 0.750. The first-order chi connectivity index (χ1) is 13.5. The third-order valence-electron chi connectivity index (χ3n) is 4.07. The molecule has 29 heavy (non-hydrogen) atoms. The van der Waals surface area contributed by atoms with Crippen molar-refractivity contribution in [2.24, 2.45) is 5.16 Å². The van der Waals surface area contributed by atoms with Crippen molar-refractivity contribution in [3.05, 3.63) is 0 Å². The summed E-state index contributed by atoms with van der Waals surface area (Å²) in [5.74, 6) is -2.11. The third kappa shape index (κ3) is 6.49. The van der Waals surface area contributed by atoms with Crippen molar-refractivity contribution in [3.63, 3.8) is 0 Å². The molecular formula is C16H26NO11P. The van der Waals surface area contributed by atoms with E-state index in [1.807, 2.05) is 0 Å². The van der Waals surface area contributed by atoms with Crippen LogP contribution in [0.3, 0.4) is 0 Å². The number of oxime groups is 1. The predicted octanol–water partition coefficient (Wildman–Crippen LogP) is 1.23. The minimum absolute atomic E-state index is 0.359. The number of ether oxygens (including phenoxy) is 4. The molecule has 0 unspecified atom stereocenters. The van der Waals surface area contributed by atoms with Crippen molar-refractivity contribution in [1.82, 2.24) is 0 Å². The van der Waals surface area contributed by atoms with Crippen molar-refractivity contribution >= 4 is 31.0 Å². The van der Waals surface area contributed by atoms with Gasteiger partial charge in [-0.15, -0.1) is 0 Å². The van der Waals surface area contributed by atoms with E-state index >= 15 is 0 Å². The molecule has 0 aromatic rings. The minimum atomic E-state index is -3.94. The predicted molar refractivity (Wildman–Crippen MR) is 96.5 cm³/mol. The minimum Gasteiger partial charge on any atom is -0.456 e.